The monoisotopic (exact) mass is 268 g/mol. The van der Waals surface area contributed by atoms with E-state index in [1.165, 1.54) is 6.07 Å². The highest BCUT2D eigenvalue weighted by Crippen LogP contribution is 2.37. The first kappa shape index (κ1) is 14.4. The predicted molar refractivity (Wildman–Crippen MR) is 72.7 cm³/mol. The molecule has 0 heterocycles. The van der Waals surface area contributed by atoms with Crippen molar-refractivity contribution in [2.45, 2.75) is 45.2 Å². The Balaban J connectivity index is 2.10. The minimum Gasteiger partial charge on any atom is -0.329 e. The standard InChI is InChI=1S/C15H22F2N2/c1-15(2)6-5-11(8-15)19-14(9-18)12-7-10(16)3-4-13(12)17/h3-4,7,11,14,19H,5-6,8-9,18H2,1-2H3. The van der Waals surface area contributed by atoms with Gasteiger partial charge in [-0.25, -0.2) is 8.78 Å². The first-order valence-electron chi connectivity index (χ1n) is 6.82. The first-order chi connectivity index (χ1) is 8.91. The molecule has 0 amide bonds. The van der Waals surface area contributed by atoms with Crippen molar-refractivity contribution < 1.29 is 8.78 Å². The van der Waals surface area contributed by atoms with Gasteiger partial charge in [0.2, 0.25) is 0 Å². The molecule has 0 bridgehead atoms. The Bertz CT molecular complexity index is 446. The van der Waals surface area contributed by atoms with Crippen molar-refractivity contribution in [1.82, 2.24) is 5.32 Å². The smallest absolute Gasteiger partial charge is 0.128 e. The van der Waals surface area contributed by atoms with Crippen molar-refractivity contribution >= 4 is 0 Å². The number of benzene rings is 1. The Morgan fingerprint density at radius 2 is 2.16 bits per heavy atom. The minimum atomic E-state index is -0.427. The van der Waals surface area contributed by atoms with Crippen LogP contribution in [0.2, 0.25) is 0 Å². The van der Waals surface area contributed by atoms with Crippen LogP contribution in [-0.2, 0) is 0 Å². The van der Waals surface area contributed by atoms with Crippen LogP contribution in [0, 0.1) is 17.0 Å². The highest BCUT2D eigenvalue weighted by molar-refractivity contribution is 5.23. The molecular formula is C15H22F2N2. The van der Waals surface area contributed by atoms with Gasteiger partial charge in [-0.05, 0) is 42.9 Å². The molecule has 4 heteroatoms. The van der Waals surface area contributed by atoms with Gasteiger partial charge >= 0.3 is 0 Å². The Morgan fingerprint density at radius 1 is 1.42 bits per heavy atom. The molecule has 19 heavy (non-hydrogen) atoms. The molecule has 3 N–H and O–H groups in total. The third-order valence-electron chi connectivity index (χ3n) is 3.97. The summed E-state index contributed by atoms with van der Waals surface area (Å²) in [4.78, 5) is 0. The van der Waals surface area contributed by atoms with Crippen molar-refractivity contribution in [1.29, 1.82) is 0 Å². The summed E-state index contributed by atoms with van der Waals surface area (Å²) in [5.41, 5.74) is 6.36. The van der Waals surface area contributed by atoms with Gasteiger partial charge in [0.25, 0.3) is 0 Å². The number of nitrogens with one attached hydrogen (secondary N) is 1. The van der Waals surface area contributed by atoms with Gasteiger partial charge in [-0.1, -0.05) is 13.8 Å². The van der Waals surface area contributed by atoms with E-state index in [0.717, 1.165) is 31.4 Å². The molecule has 2 rings (SSSR count). The van der Waals surface area contributed by atoms with Crippen LogP contribution in [0.5, 0.6) is 0 Å². The zero-order valence-corrected chi connectivity index (χ0v) is 11.5. The first-order valence-corrected chi connectivity index (χ1v) is 6.82. The molecule has 0 aromatic heterocycles. The fourth-order valence-electron chi connectivity index (χ4n) is 2.93. The van der Waals surface area contributed by atoms with Crippen LogP contribution >= 0.6 is 0 Å². The number of halogens is 2. The molecule has 1 aliphatic carbocycles. The molecule has 1 aromatic rings. The average molecular weight is 268 g/mol. The molecule has 106 valence electrons. The maximum absolute atomic E-state index is 13.8. The van der Waals surface area contributed by atoms with Crippen LogP contribution in [-0.4, -0.2) is 12.6 Å². The summed E-state index contributed by atoms with van der Waals surface area (Å²) in [6.45, 7) is 4.72. The van der Waals surface area contributed by atoms with Gasteiger partial charge in [0, 0.05) is 24.2 Å². The lowest BCUT2D eigenvalue weighted by Crippen LogP contribution is -2.36. The molecule has 2 atom stereocenters. The van der Waals surface area contributed by atoms with Gasteiger partial charge in [-0.15, -0.1) is 0 Å². The molecule has 0 spiro atoms. The Morgan fingerprint density at radius 3 is 2.74 bits per heavy atom. The highest BCUT2D eigenvalue weighted by atomic mass is 19.1. The summed E-state index contributed by atoms with van der Waals surface area (Å²) in [5.74, 6) is -0.829. The van der Waals surface area contributed by atoms with Crippen molar-refractivity contribution in [3.8, 4) is 0 Å². The second kappa shape index (κ2) is 5.55. The van der Waals surface area contributed by atoms with Gasteiger partial charge < -0.3 is 11.1 Å². The molecule has 0 aliphatic heterocycles. The lowest BCUT2D eigenvalue weighted by atomic mass is 9.91. The van der Waals surface area contributed by atoms with Gasteiger partial charge in [-0.2, -0.15) is 0 Å². The van der Waals surface area contributed by atoms with E-state index in [1.807, 2.05) is 0 Å². The molecule has 0 radical (unpaired) electrons. The Kier molecular flexibility index (Phi) is 4.21. The Labute approximate surface area is 113 Å². The van der Waals surface area contributed by atoms with Crippen molar-refractivity contribution in [2.24, 2.45) is 11.1 Å². The number of hydrogen-bond acceptors (Lipinski definition) is 2. The summed E-state index contributed by atoms with van der Waals surface area (Å²) in [7, 11) is 0. The summed E-state index contributed by atoms with van der Waals surface area (Å²) < 4.78 is 27.0. The van der Waals surface area contributed by atoms with E-state index in [0.29, 0.717) is 17.0 Å². The SMILES string of the molecule is CC1(C)CCC(NC(CN)c2cc(F)ccc2F)C1. The van der Waals surface area contributed by atoms with Crippen LogP contribution in [0.25, 0.3) is 0 Å². The summed E-state index contributed by atoms with van der Waals surface area (Å²) >= 11 is 0. The van der Waals surface area contributed by atoms with Crippen molar-refractivity contribution in [2.75, 3.05) is 6.54 Å². The van der Waals surface area contributed by atoms with Gasteiger partial charge in [-0.3, -0.25) is 0 Å². The molecule has 1 aromatic carbocycles. The average Bonchev–Trinajstić information content (AvgIpc) is 2.69. The van der Waals surface area contributed by atoms with E-state index in [2.05, 4.69) is 19.2 Å². The zero-order valence-electron chi connectivity index (χ0n) is 11.5. The molecule has 1 fully saturated rings. The van der Waals surface area contributed by atoms with E-state index >= 15 is 0 Å². The van der Waals surface area contributed by atoms with Crippen LogP contribution in [0.4, 0.5) is 8.78 Å². The van der Waals surface area contributed by atoms with Gasteiger partial charge in [0.1, 0.15) is 11.6 Å². The highest BCUT2D eigenvalue weighted by Gasteiger charge is 2.32. The zero-order chi connectivity index (χ0) is 14.0. The molecular weight excluding hydrogens is 246 g/mol. The molecule has 1 saturated carbocycles. The second-order valence-corrected chi connectivity index (χ2v) is 6.22. The quantitative estimate of drug-likeness (QED) is 0.880. The summed E-state index contributed by atoms with van der Waals surface area (Å²) in [6, 6.07) is 3.53. The molecule has 2 unspecified atom stereocenters. The fraction of sp³-hybridized carbons (Fsp3) is 0.600. The van der Waals surface area contributed by atoms with E-state index in [1.54, 1.807) is 0 Å². The largest absolute Gasteiger partial charge is 0.329 e. The number of rotatable bonds is 4. The summed E-state index contributed by atoms with van der Waals surface area (Å²) in [5, 5.41) is 3.37. The van der Waals surface area contributed by atoms with Gasteiger partial charge in [0.15, 0.2) is 0 Å². The topological polar surface area (TPSA) is 38.0 Å². The lowest BCUT2D eigenvalue weighted by Gasteiger charge is -2.24. The van der Waals surface area contributed by atoms with E-state index < -0.39 is 11.6 Å². The minimum absolute atomic E-state index is 0.261. The predicted octanol–water partition coefficient (Wildman–Crippen LogP) is 3.13. The molecule has 1 aliphatic rings. The summed E-state index contributed by atoms with van der Waals surface area (Å²) in [6.07, 6.45) is 3.24. The lowest BCUT2D eigenvalue weighted by molar-refractivity contribution is 0.351. The van der Waals surface area contributed by atoms with E-state index in [9.17, 15) is 8.78 Å². The van der Waals surface area contributed by atoms with Crippen LogP contribution in [0.1, 0.15) is 44.7 Å². The number of hydrogen-bond donors (Lipinski definition) is 2. The fourth-order valence-corrected chi connectivity index (χ4v) is 2.93. The van der Waals surface area contributed by atoms with Crippen molar-refractivity contribution in [3.05, 3.63) is 35.4 Å². The van der Waals surface area contributed by atoms with E-state index in [4.69, 9.17) is 5.73 Å². The maximum Gasteiger partial charge on any atom is 0.128 e. The van der Waals surface area contributed by atoms with E-state index in [-0.39, 0.29) is 12.6 Å². The molecule has 0 saturated heterocycles. The normalized spacial score (nSPS) is 23.5. The van der Waals surface area contributed by atoms with Crippen LogP contribution < -0.4 is 11.1 Å². The molecule has 2 nitrogen and oxygen atoms in total. The second-order valence-electron chi connectivity index (χ2n) is 6.22. The number of nitrogens with two attached hydrogens (primary N) is 1. The maximum atomic E-state index is 13.8. The van der Waals surface area contributed by atoms with Gasteiger partial charge in [0.05, 0.1) is 0 Å². The third kappa shape index (κ3) is 3.51. The van der Waals surface area contributed by atoms with Crippen molar-refractivity contribution in [3.63, 3.8) is 0 Å². The van der Waals surface area contributed by atoms with Crippen LogP contribution in [0.15, 0.2) is 18.2 Å². The third-order valence-corrected chi connectivity index (χ3v) is 3.97. The van der Waals surface area contributed by atoms with Crippen LogP contribution in [0.3, 0.4) is 0 Å². The Hall–Kier alpha value is -1.00.